The minimum Gasteiger partial charge on any atom is -0.384 e. The van der Waals surface area contributed by atoms with Gasteiger partial charge in [-0.15, -0.1) is 0 Å². The third-order valence-corrected chi connectivity index (χ3v) is 11.8. The molecule has 0 saturated carbocycles. The van der Waals surface area contributed by atoms with Gasteiger partial charge in [0.2, 0.25) is 11.8 Å². The van der Waals surface area contributed by atoms with Gasteiger partial charge in [0.1, 0.15) is 6.04 Å². The van der Waals surface area contributed by atoms with Gasteiger partial charge in [-0.1, -0.05) is 67.8 Å². The highest BCUT2D eigenvalue weighted by Crippen LogP contribution is 2.41. The number of benzene rings is 3. The maximum absolute atomic E-state index is 13.7. The number of likely N-dealkylation sites (N-methyl/N-ethyl adjacent to an activating group) is 1. The number of H-pyrrole nitrogens is 1. The van der Waals surface area contributed by atoms with Crippen molar-refractivity contribution in [3.05, 3.63) is 112 Å². The molecular formula is C46H53N9O7. The molecule has 7 rings (SSSR count). The average Bonchev–Trinajstić information content (AvgIpc) is 3.86. The van der Waals surface area contributed by atoms with Crippen LogP contribution in [-0.4, -0.2) is 99.5 Å². The first kappa shape index (κ1) is 43.4. The molecule has 0 radical (unpaired) electrons. The van der Waals surface area contributed by atoms with Crippen LogP contribution in [-0.2, 0) is 21.7 Å². The summed E-state index contributed by atoms with van der Waals surface area (Å²) in [6.07, 6.45) is 4.71. The summed E-state index contributed by atoms with van der Waals surface area (Å²) in [5.74, 6) is -2.18. The molecule has 0 spiro atoms. The lowest BCUT2D eigenvalue weighted by Gasteiger charge is -2.34. The number of Topliss-reactive ketones (excluding diaryl/α,β-unsaturated/α-hetero) is 1. The number of unbranched alkanes of at least 4 members (excludes halogenated alkanes) is 4. The molecule has 1 saturated heterocycles. The standard InChI is InChI=1S/C46H53N9O7/c1-46(2)39-32(26-54(46)45(62)48-34(27-53(3)4)28-14-9-8-10-15-28)40(52-51-39)50-41(58)30-21-19-29(20-22-30)36(56)18-11-6-5-7-12-25-47-33-17-13-16-31-38(33)44(61)55(43(31)60)35-23-24-37(57)49-42(35)59/h8-10,13-17,19-22,34-35,47H,5-7,11-12,18,23-27H2,1-4H3,(H,48,62)(H,49,57,59)(H2,50,51,52,58)/t34-,35?/m1/s1. The van der Waals surface area contributed by atoms with E-state index in [0.717, 1.165) is 47.4 Å². The number of fused-ring (bicyclic) bond motifs is 2. The van der Waals surface area contributed by atoms with Gasteiger partial charge < -0.3 is 25.8 Å². The van der Waals surface area contributed by atoms with E-state index in [9.17, 15) is 33.6 Å². The maximum Gasteiger partial charge on any atom is 0.319 e. The summed E-state index contributed by atoms with van der Waals surface area (Å²) in [6.45, 7) is 5.32. The second-order valence-electron chi connectivity index (χ2n) is 16.8. The Morgan fingerprint density at radius 1 is 0.871 bits per heavy atom. The van der Waals surface area contributed by atoms with Crippen LogP contribution in [0.15, 0.2) is 72.8 Å². The van der Waals surface area contributed by atoms with Crippen LogP contribution in [0.4, 0.5) is 16.3 Å². The van der Waals surface area contributed by atoms with E-state index in [1.165, 1.54) is 0 Å². The van der Waals surface area contributed by atoms with Crippen molar-refractivity contribution in [2.75, 3.05) is 37.8 Å². The van der Waals surface area contributed by atoms with Crippen LogP contribution in [0, 0.1) is 0 Å². The average molecular weight is 844 g/mol. The zero-order chi connectivity index (χ0) is 44.1. The van der Waals surface area contributed by atoms with Gasteiger partial charge in [0.25, 0.3) is 17.7 Å². The van der Waals surface area contributed by atoms with E-state index >= 15 is 0 Å². The first-order valence-electron chi connectivity index (χ1n) is 21.1. The highest BCUT2D eigenvalue weighted by Gasteiger charge is 2.46. The number of nitrogens with one attached hydrogen (secondary N) is 5. The molecule has 16 nitrogen and oxygen atoms in total. The smallest absolute Gasteiger partial charge is 0.319 e. The number of rotatable bonds is 17. The van der Waals surface area contributed by atoms with Gasteiger partial charge in [-0.25, -0.2) is 4.79 Å². The number of ketones is 1. The Kier molecular flexibility index (Phi) is 13.0. The van der Waals surface area contributed by atoms with Crippen molar-refractivity contribution < 1.29 is 33.6 Å². The number of aromatic amines is 1. The normalized spacial score (nSPS) is 17.1. The summed E-state index contributed by atoms with van der Waals surface area (Å²) in [5, 5.41) is 19.0. The molecule has 3 aliphatic heterocycles. The van der Waals surface area contributed by atoms with Crippen molar-refractivity contribution in [2.24, 2.45) is 0 Å². The van der Waals surface area contributed by atoms with Crippen LogP contribution < -0.4 is 21.3 Å². The molecule has 4 aromatic rings. The molecule has 2 atom stereocenters. The minimum atomic E-state index is -1.02. The molecule has 1 fully saturated rings. The fourth-order valence-electron chi connectivity index (χ4n) is 8.41. The van der Waals surface area contributed by atoms with Gasteiger partial charge in [0, 0.05) is 48.3 Å². The van der Waals surface area contributed by atoms with Crippen LogP contribution in [0.25, 0.3) is 0 Å². The van der Waals surface area contributed by atoms with Crippen molar-refractivity contribution in [1.29, 1.82) is 0 Å². The number of urea groups is 1. The molecule has 3 aromatic carbocycles. The van der Waals surface area contributed by atoms with Crippen molar-refractivity contribution in [3.63, 3.8) is 0 Å². The van der Waals surface area contributed by atoms with E-state index < -0.39 is 35.2 Å². The van der Waals surface area contributed by atoms with E-state index in [4.69, 9.17) is 0 Å². The molecule has 0 aliphatic carbocycles. The van der Waals surface area contributed by atoms with E-state index in [1.54, 1.807) is 47.4 Å². The summed E-state index contributed by atoms with van der Waals surface area (Å²) in [6, 6.07) is 19.9. The zero-order valence-corrected chi connectivity index (χ0v) is 35.5. The van der Waals surface area contributed by atoms with Crippen LogP contribution in [0.2, 0.25) is 0 Å². The van der Waals surface area contributed by atoms with Gasteiger partial charge >= 0.3 is 6.03 Å². The molecular weight excluding hydrogens is 791 g/mol. The topological polar surface area (TPSA) is 206 Å². The Balaban J connectivity index is 0.835. The largest absolute Gasteiger partial charge is 0.384 e. The Morgan fingerprint density at radius 2 is 1.58 bits per heavy atom. The lowest BCUT2D eigenvalue weighted by atomic mass is 10.0. The zero-order valence-electron chi connectivity index (χ0n) is 35.5. The second kappa shape index (κ2) is 18.5. The highest BCUT2D eigenvalue weighted by molar-refractivity contribution is 6.25. The van der Waals surface area contributed by atoms with Crippen LogP contribution in [0.1, 0.15) is 130 Å². The van der Waals surface area contributed by atoms with E-state index in [0.29, 0.717) is 48.6 Å². The third kappa shape index (κ3) is 9.15. The predicted molar refractivity (Wildman–Crippen MR) is 231 cm³/mol. The lowest BCUT2D eigenvalue weighted by molar-refractivity contribution is -0.136. The van der Waals surface area contributed by atoms with Crippen molar-refractivity contribution in [1.82, 2.24) is 35.5 Å². The maximum atomic E-state index is 13.7. The number of hydrogen-bond donors (Lipinski definition) is 5. The fraction of sp³-hybridized carbons (Fsp3) is 0.391. The van der Waals surface area contributed by atoms with Gasteiger partial charge in [0.15, 0.2) is 11.6 Å². The first-order chi connectivity index (χ1) is 29.7. The van der Waals surface area contributed by atoms with Crippen molar-refractivity contribution >= 4 is 52.9 Å². The van der Waals surface area contributed by atoms with Crippen LogP contribution >= 0.6 is 0 Å². The van der Waals surface area contributed by atoms with Gasteiger partial charge in [-0.05, 0) is 77.0 Å². The molecule has 5 N–H and O–H groups in total. The highest BCUT2D eigenvalue weighted by atomic mass is 16.2. The number of nitrogens with zero attached hydrogens (tertiary/aromatic N) is 4. The Bertz CT molecular complexity index is 2370. The third-order valence-electron chi connectivity index (χ3n) is 11.8. The molecule has 3 aliphatic rings. The number of amides is 7. The lowest BCUT2D eigenvalue weighted by Crippen LogP contribution is -2.54. The molecule has 1 unspecified atom stereocenters. The predicted octanol–water partition coefficient (Wildman–Crippen LogP) is 5.76. The number of anilines is 2. The van der Waals surface area contributed by atoms with Gasteiger partial charge in [0.05, 0.1) is 34.9 Å². The monoisotopic (exact) mass is 843 g/mol. The minimum absolute atomic E-state index is 0.00655. The number of imide groups is 2. The number of carbonyl (C=O) groups excluding carboxylic acids is 7. The summed E-state index contributed by atoms with van der Waals surface area (Å²) in [7, 11) is 3.93. The summed E-state index contributed by atoms with van der Waals surface area (Å²) in [4.78, 5) is 95.2. The SMILES string of the molecule is CN(C)C[C@@H](NC(=O)N1Cc2c(NC(=O)c3ccc(C(=O)CCCCCCCNc4cccc5c4C(=O)N(C4CCC(=O)NC4=O)C5=O)cc3)n[nH]c2C1(C)C)c1ccccc1. The number of piperidine rings is 1. The molecule has 1 aromatic heterocycles. The molecule has 4 heterocycles. The molecule has 7 amide bonds. The van der Waals surface area contributed by atoms with E-state index in [1.807, 2.05) is 63.2 Å². The number of hydrogen-bond acceptors (Lipinski definition) is 10. The second-order valence-corrected chi connectivity index (χ2v) is 16.8. The molecule has 16 heteroatoms. The fourth-order valence-corrected chi connectivity index (χ4v) is 8.41. The number of carbonyl (C=O) groups is 7. The summed E-state index contributed by atoms with van der Waals surface area (Å²) >= 11 is 0. The summed E-state index contributed by atoms with van der Waals surface area (Å²) in [5.41, 5.74) is 3.67. The van der Waals surface area contributed by atoms with Crippen LogP contribution in [0.5, 0.6) is 0 Å². The number of aromatic nitrogens is 2. The molecule has 0 bridgehead atoms. The Morgan fingerprint density at radius 3 is 2.31 bits per heavy atom. The quantitative estimate of drug-likeness (QED) is 0.0494. The Hall–Kier alpha value is -6.68. The van der Waals surface area contributed by atoms with E-state index in [2.05, 4.69) is 31.5 Å². The van der Waals surface area contributed by atoms with Gasteiger partial charge in [-0.3, -0.25) is 44.1 Å². The Labute approximate surface area is 360 Å². The molecule has 62 heavy (non-hydrogen) atoms. The van der Waals surface area contributed by atoms with Crippen LogP contribution in [0.3, 0.4) is 0 Å². The first-order valence-corrected chi connectivity index (χ1v) is 21.1. The summed E-state index contributed by atoms with van der Waals surface area (Å²) < 4.78 is 0. The molecule has 324 valence electrons. The van der Waals surface area contributed by atoms with Gasteiger partial charge in [-0.2, -0.15) is 5.10 Å². The van der Waals surface area contributed by atoms with Crippen molar-refractivity contribution in [2.45, 2.75) is 89.4 Å². The van der Waals surface area contributed by atoms with Crippen molar-refractivity contribution in [3.8, 4) is 0 Å². The van der Waals surface area contributed by atoms with E-state index in [-0.39, 0.29) is 54.3 Å².